The SMILES string of the molecule is Cc1ccc(C(=O)Nc2cc(Br)cc(C(F)(F)F)c2)cc1-n1cc(-c2cccnc2)nn1.Cc1ccc(C(=O)O)cc1-n1cc(-c2cccnc2)nn1.Nc1cc(Br)cc(C(F)(F)F)c1. The summed E-state index contributed by atoms with van der Waals surface area (Å²) in [5.41, 5.74) is 10.2. The van der Waals surface area contributed by atoms with Gasteiger partial charge in [0.1, 0.15) is 11.4 Å². The van der Waals surface area contributed by atoms with E-state index in [0.29, 0.717) is 27.2 Å². The number of nitrogens with zero attached hydrogens (tertiary/aromatic N) is 8. The smallest absolute Gasteiger partial charge is 0.416 e. The maximum atomic E-state index is 13.1. The van der Waals surface area contributed by atoms with Crippen LogP contribution in [-0.2, 0) is 12.4 Å². The predicted octanol–water partition coefficient (Wildman–Crippen LogP) is 11.1. The van der Waals surface area contributed by atoms with Crippen LogP contribution in [0.2, 0.25) is 0 Å². The van der Waals surface area contributed by atoms with Crippen molar-refractivity contribution < 1.29 is 41.0 Å². The lowest BCUT2D eigenvalue weighted by molar-refractivity contribution is -0.138. The van der Waals surface area contributed by atoms with Gasteiger partial charge in [0.25, 0.3) is 5.91 Å². The third kappa shape index (κ3) is 12.5. The number of anilines is 2. The van der Waals surface area contributed by atoms with Gasteiger partial charge in [-0.25, -0.2) is 14.2 Å². The van der Waals surface area contributed by atoms with Gasteiger partial charge < -0.3 is 16.2 Å². The molecule has 21 heteroatoms. The third-order valence-electron chi connectivity index (χ3n) is 9.05. The van der Waals surface area contributed by atoms with E-state index in [1.807, 2.05) is 32.0 Å². The van der Waals surface area contributed by atoms with Crippen LogP contribution in [0.5, 0.6) is 0 Å². The Morgan fingerprint density at radius 1 is 0.646 bits per heavy atom. The van der Waals surface area contributed by atoms with Crippen LogP contribution in [0.15, 0.2) is 143 Å². The molecule has 0 unspecified atom stereocenters. The number of pyridine rings is 2. The minimum Gasteiger partial charge on any atom is -0.478 e. The van der Waals surface area contributed by atoms with Crippen molar-refractivity contribution in [2.75, 3.05) is 11.1 Å². The van der Waals surface area contributed by atoms with Gasteiger partial charge in [0.15, 0.2) is 0 Å². The van der Waals surface area contributed by atoms with Crippen LogP contribution < -0.4 is 11.1 Å². The van der Waals surface area contributed by atoms with E-state index in [4.69, 9.17) is 10.8 Å². The highest BCUT2D eigenvalue weighted by Crippen LogP contribution is 2.34. The van der Waals surface area contributed by atoms with Crippen molar-refractivity contribution in [1.82, 2.24) is 40.0 Å². The number of halogens is 8. The molecule has 0 aliphatic carbocycles. The number of nitrogen functional groups attached to an aromatic ring is 1. The van der Waals surface area contributed by atoms with E-state index in [1.165, 1.54) is 16.8 Å². The van der Waals surface area contributed by atoms with E-state index in [9.17, 15) is 35.9 Å². The first-order valence-electron chi connectivity index (χ1n) is 18.7. The zero-order valence-electron chi connectivity index (χ0n) is 33.6. The van der Waals surface area contributed by atoms with Crippen LogP contribution in [-0.4, -0.2) is 56.9 Å². The largest absolute Gasteiger partial charge is 0.478 e. The van der Waals surface area contributed by atoms with Crippen LogP contribution >= 0.6 is 31.9 Å². The van der Waals surface area contributed by atoms with Gasteiger partial charge in [0.2, 0.25) is 0 Å². The Morgan fingerprint density at radius 3 is 1.58 bits per heavy atom. The molecule has 4 aromatic carbocycles. The number of rotatable bonds is 7. The number of carbonyl (C=O) groups excluding carboxylic acids is 1. The number of aromatic nitrogens is 8. The van der Waals surface area contributed by atoms with Crippen molar-refractivity contribution in [2.24, 2.45) is 0 Å². The molecule has 0 atom stereocenters. The lowest BCUT2D eigenvalue weighted by Crippen LogP contribution is -2.14. The Kier molecular flexibility index (Phi) is 14.6. The molecule has 4 aromatic heterocycles. The molecule has 1 amide bonds. The number of benzene rings is 4. The molecule has 0 saturated carbocycles. The molecule has 0 radical (unpaired) electrons. The molecule has 8 rings (SSSR count). The van der Waals surface area contributed by atoms with Crippen molar-refractivity contribution in [3.63, 3.8) is 0 Å². The number of hydrogen-bond donors (Lipinski definition) is 3. The summed E-state index contributed by atoms with van der Waals surface area (Å²) >= 11 is 5.98. The minimum absolute atomic E-state index is 0.0263. The fourth-order valence-corrected chi connectivity index (χ4v) is 6.85. The van der Waals surface area contributed by atoms with Gasteiger partial charge in [-0.1, -0.05) is 54.4 Å². The molecule has 8 aromatic rings. The topological polar surface area (TPSA) is 180 Å². The van der Waals surface area contributed by atoms with Crippen molar-refractivity contribution in [3.05, 3.63) is 177 Å². The monoisotopic (exact) mass is 1020 g/mol. The highest BCUT2D eigenvalue weighted by atomic mass is 79.9. The van der Waals surface area contributed by atoms with Crippen LogP contribution in [0, 0.1) is 13.8 Å². The van der Waals surface area contributed by atoms with Crippen molar-refractivity contribution in [2.45, 2.75) is 26.2 Å². The lowest BCUT2D eigenvalue weighted by Gasteiger charge is -2.12. The molecule has 4 heterocycles. The van der Waals surface area contributed by atoms with Crippen LogP contribution in [0.25, 0.3) is 33.9 Å². The average Bonchev–Trinajstić information content (AvgIpc) is 3.96. The number of carboxylic acid groups (broad SMARTS) is 1. The Bertz CT molecular complexity index is 2940. The van der Waals surface area contributed by atoms with Crippen LogP contribution in [0.3, 0.4) is 0 Å². The molecule has 332 valence electrons. The first-order chi connectivity index (χ1) is 30.7. The van der Waals surface area contributed by atoms with Crippen molar-refractivity contribution >= 4 is 55.1 Å². The number of aromatic carboxylic acids is 1. The minimum atomic E-state index is -4.53. The fourth-order valence-electron chi connectivity index (χ4n) is 5.85. The predicted molar refractivity (Wildman–Crippen MR) is 236 cm³/mol. The first-order valence-corrected chi connectivity index (χ1v) is 20.3. The Morgan fingerprint density at radius 2 is 1.12 bits per heavy atom. The number of amides is 1. The Hall–Kier alpha value is -7.26. The highest BCUT2D eigenvalue weighted by molar-refractivity contribution is 9.10. The van der Waals surface area contributed by atoms with E-state index in [-0.39, 0.29) is 27.0 Å². The van der Waals surface area contributed by atoms with E-state index in [1.54, 1.807) is 84.3 Å². The molecule has 0 aliphatic heterocycles. The quantitative estimate of drug-likeness (QED) is 0.103. The van der Waals surface area contributed by atoms with Gasteiger partial charge in [0, 0.05) is 61.8 Å². The number of nitrogens with one attached hydrogen (secondary N) is 1. The highest BCUT2D eigenvalue weighted by Gasteiger charge is 2.32. The van der Waals surface area contributed by atoms with Crippen molar-refractivity contribution in [1.29, 1.82) is 0 Å². The van der Waals surface area contributed by atoms with Crippen LogP contribution in [0.1, 0.15) is 43.0 Å². The van der Waals surface area contributed by atoms with Gasteiger partial charge in [-0.2, -0.15) is 26.3 Å². The molecule has 13 nitrogen and oxygen atoms in total. The summed E-state index contributed by atoms with van der Waals surface area (Å²) in [6, 6.07) is 23.7. The maximum absolute atomic E-state index is 13.1. The molecule has 0 spiro atoms. The van der Waals surface area contributed by atoms with E-state index >= 15 is 0 Å². The first kappa shape index (κ1) is 47.2. The summed E-state index contributed by atoms with van der Waals surface area (Å²) < 4.78 is 79.1. The second-order valence-corrected chi connectivity index (χ2v) is 15.7. The number of aryl methyl sites for hydroxylation is 2. The number of alkyl halides is 6. The van der Waals surface area contributed by atoms with Crippen LogP contribution in [0.4, 0.5) is 37.7 Å². The molecule has 65 heavy (non-hydrogen) atoms. The summed E-state index contributed by atoms with van der Waals surface area (Å²) in [6.07, 6.45) is 1.32. The molecule has 0 aliphatic rings. The van der Waals surface area contributed by atoms with Gasteiger partial charge in [-0.3, -0.25) is 14.8 Å². The summed E-state index contributed by atoms with van der Waals surface area (Å²) in [5.74, 6) is -1.52. The molecule has 0 fully saturated rings. The van der Waals surface area contributed by atoms with E-state index in [2.05, 4.69) is 67.8 Å². The number of nitrogens with two attached hydrogens (primary N) is 1. The number of hydrogen-bond acceptors (Lipinski definition) is 9. The van der Waals surface area contributed by atoms with Gasteiger partial charge >= 0.3 is 18.3 Å². The molecular formula is C44H32Br2F6N10O3. The Labute approximate surface area is 382 Å². The zero-order chi connectivity index (χ0) is 47.1. The third-order valence-corrected chi connectivity index (χ3v) is 9.97. The summed E-state index contributed by atoms with van der Waals surface area (Å²) in [5, 5.41) is 28.1. The molecule has 0 bridgehead atoms. The average molecular weight is 1020 g/mol. The summed E-state index contributed by atoms with van der Waals surface area (Å²) in [7, 11) is 0. The standard InChI is InChI=1S/C22H15BrF3N5O.C15H12N4O2.C7H5BrF3N/c1-13-4-5-14(21(32)28-18-9-16(22(24,25)26)8-17(23)10-18)7-20(13)31-12-19(29-30-31)15-3-2-6-27-11-15;1-10-4-5-11(15(20)21)7-14(10)19-9-13(17-18-19)12-3-2-6-16-8-12;8-5-1-4(7(9,10)11)2-6(12)3-5/h2-12H,1H3,(H,28,32);2-9H,1H3,(H,20,21);1-3H,12H2. The fraction of sp³-hybridized carbons (Fsp3) is 0.0909. The second-order valence-electron chi connectivity index (χ2n) is 13.8. The zero-order valence-corrected chi connectivity index (χ0v) is 36.8. The maximum Gasteiger partial charge on any atom is 0.416 e. The molecular weight excluding hydrogens is 990 g/mol. The van der Waals surface area contributed by atoms with E-state index < -0.39 is 35.4 Å². The second kappa shape index (κ2) is 20.1. The van der Waals surface area contributed by atoms with E-state index in [0.717, 1.165) is 46.5 Å². The van der Waals surface area contributed by atoms with Crippen molar-refractivity contribution in [3.8, 4) is 33.9 Å². The van der Waals surface area contributed by atoms with Gasteiger partial charge in [-0.15, -0.1) is 10.2 Å². The lowest BCUT2D eigenvalue weighted by atomic mass is 10.1. The normalized spacial score (nSPS) is 11.2. The Balaban J connectivity index is 0.000000181. The summed E-state index contributed by atoms with van der Waals surface area (Å²) in [6.45, 7) is 3.75. The molecule has 4 N–H and O–H groups in total. The number of carbonyl (C=O) groups is 2. The number of carboxylic acids is 1. The summed E-state index contributed by atoms with van der Waals surface area (Å²) in [4.78, 5) is 31.9. The van der Waals surface area contributed by atoms with Gasteiger partial charge in [0.05, 0.1) is 40.5 Å². The van der Waals surface area contributed by atoms with Gasteiger partial charge in [-0.05, 0) is 110 Å². The molecule has 0 saturated heterocycles.